The molecule has 0 aliphatic rings. The quantitative estimate of drug-likeness (QED) is 0.803. The van der Waals surface area contributed by atoms with Gasteiger partial charge in [0, 0.05) is 18.8 Å². The van der Waals surface area contributed by atoms with Gasteiger partial charge in [-0.05, 0) is 31.2 Å². The Morgan fingerprint density at radius 1 is 1.44 bits per heavy atom. The Hall–Kier alpha value is -1.67. The van der Waals surface area contributed by atoms with Crippen molar-refractivity contribution in [1.29, 1.82) is 5.26 Å². The SMILES string of the molecule is Cc1cc(C#N)nc(NCC(C)(C)CCCO)n1. The highest BCUT2D eigenvalue weighted by atomic mass is 16.2. The zero-order chi connectivity index (χ0) is 13.6. The van der Waals surface area contributed by atoms with E-state index >= 15 is 0 Å². The Morgan fingerprint density at radius 3 is 2.78 bits per heavy atom. The molecule has 0 bridgehead atoms. The zero-order valence-electron chi connectivity index (χ0n) is 11.2. The summed E-state index contributed by atoms with van der Waals surface area (Å²) in [5.41, 5.74) is 1.21. The monoisotopic (exact) mass is 248 g/mol. The molecule has 98 valence electrons. The van der Waals surface area contributed by atoms with Crippen molar-refractivity contribution in [3.05, 3.63) is 17.5 Å². The third kappa shape index (κ3) is 4.68. The van der Waals surface area contributed by atoms with Crippen LogP contribution in [0.5, 0.6) is 0 Å². The lowest BCUT2D eigenvalue weighted by Crippen LogP contribution is -2.24. The van der Waals surface area contributed by atoms with Crippen molar-refractivity contribution >= 4 is 5.95 Å². The number of nitriles is 1. The lowest BCUT2D eigenvalue weighted by atomic mass is 9.88. The summed E-state index contributed by atoms with van der Waals surface area (Å²) in [4.78, 5) is 8.35. The summed E-state index contributed by atoms with van der Waals surface area (Å²) < 4.78 is 0. The van der Waals surface area contributed by atoms with E-state index in [1.807, 2.05) is 13.0 Å². The molecule has 1 aromatic heterocycles. The van der Waals surface area contributed by atoms with E-state index < -0.39 is 0 Å². The van der Waals surface area contributed by atoms with Gasteiger partial charge in [-0.25, -0.2) is 9.97 Å². The van der Waals surface area contributed by atoms with Crippen molar-refractivity contribution in [3.8, 4) is 6.07 Å². The van der Waals surface area contributed by atoms with E-state index in [1.165, 1.54) is 0 Å². The first kappa shape index (κ1) is 14.4. The van der Waals surface area contributed by atoms with Gasteiger partial charge in [0.25, 0.3) is 0 Å². The summed E-state index contributed by atoms with van der Waals surface area (Å²) in [5, 5.41) is 20.8. The molecule has 1 aromatic rings. The van der Waals surface area contributed by atoms with Crippen molar-refractivity contribution in [2.45, 2.75) is 33.6 Å². The molecule has 1 rings (SSSR count). The van der Waals surface area contributed by atoms with Crippen LogP contribution in [-0.2, 0) is 0 Å². The molecule has 5 heteroatoms. The molecule has 2 N–H and O–H groups in total. The second kappa shape index (κ2) is 6.31. The molecular formula is C13H20N4O. The van der Waals surface area contributed by atoms with Gasteiger partial charge in [0.15, 0.2) is 0 Å². The molecule has 0 fully saturated rings. The van der Waals surface area contributed by atoms with Crippen LogP contribution in [0.25, 0.3) is 0 Å². The van der Waals surface area contributed by atoms with Crippen LogP contribution in [0.15, 0.2) is 6.07 Å². The van der Waals surface area contributed by atoms with Crippen LogP contribution in [-0.4, -0.2) is 28.2 Å². The smallest absolute Gasteiger partial charge is 0.224 e. The Balaban J connectivity index is 2.63. The van der Waals surface area contributed by atoms with E-state index in [4.69, 9.17) is 10.4 Å². The van der Waals surface area contributed by atoms with Gasteiger partial charge in [-0.1, -0.05) is 13.8 Å². The third-order valence-electron chi connectivity index (χ3n) is 2.71. The van der Waals surface area contributed by atoms with Crippen molar-refractivity contribution < 1.29 is 5.11 Å². The summed E-state index contributed by atoms with van der Waals surface area (Å²) in [7, 11) is 0. The fourth-order valence-corrected chi connectivity index (χ4v) is 1.67. The molecule has 0 saturated carbocycles. The predicted octanol–water partition coefficient (Wildman–Crippen LogP) is 1.87. The molecule has 0 aliphatic carbocycles. The summed E-state index contributed by atoms with van der Waals surface area (Å²) in [5.74, 6) is 0.489. The minimum Gasteiger partial charge on any atom is -0.396 e. The van der Waals surface area contributed by atoms with Crippen molar-refractivity contribution in [2.75, 3.05) is 18.5 Å². The van der Waals surface area contributed by atoms with Crippen LogP contribution in [0, 0.1) is 23.7 Å². The maximum atomic E-state index is 8.84. The zero-order valence-corrected chi connectivity index (χ0v) is 11.2. The van der Waals surface area contributed by atoms with Gasteiger partial charge in [-0.15, -0.1) is 0 Å². The van der Waals surface area contributed by atoms with E-state index in [2.05, 4.69) is 29.1 Å². The number of hydrogen-bond donors (Lipinski definition) is 2. The summed E-state index contributed by atoms with van der Waals surface area (Å²) in [6, 6.07) is 3.67. The molecule has 0 spiro atoms. The van der Waals surface area contributed by atoms with E-state index in [-0.39, 0.29) is 12.0 Å². The molecule has 18 heavy (non-hydrogen) atoms. The number of hydrogen-bond acceptors (Lipinski definition) is 5. The number of anilines is 1. The van der Waals surface area contributed by atoms with Crippen LogP contribution in [0.3, 0.4) is 0 Å². The van der Waals surface area contributed by atoms with E-state index in [9.17, 15) is 0 Å². The van der Waals surface area contributed by atoms with Crippen molar-refractivity contribution in [2.24, 2.45) is 5.41 Å². The highest BCUT2D eigenvalue weighted by molar-refractivity contribution is 5.33. The van der Waals surface area contributed by atoms with Crippen LogP contribution < -0.4 is 5.32 Å². The normalized spacial score (nSPS) is 11.1. The van der Waals surface area contributed by atoms with Gasteiger partial charge in [0.2, 0.25) is 5.95 Å². The van der Waals surface area contributed by atoms with Gasteiger partial charge in [0.05, 0.1) is 0 Å². The van der Waals surface area contributed by atoms with Crippen LogP contribution in [0.4, 0.5) is 5.95 Å². The Morgan fingerprint density at radius 2 is 2.17 bits per heavy atom. The lowest BCUT2D eigenvalue weighted by Gasteiger charge is -2.24. The van der Waals surface area contributed by atoms with Crippen molar-refractivity contribution in [3.63, 3.8) is 0 Å². The van der Waals surface area contributed by atoms with Crippen LogP contribution in [0.1, 0.15) is 38.1 Å². The molecule has 1 heterocycles. The summed E-state index contributed by atoms with van der Waals surface area (Å²) in [6.45, 7) is 7.00. The fraction of sp³-hybridized carbons (Fsp3) is 0.615. The lowest BCUT2D eigenvalue weighted by molar-refractivity contribution is 0.247. The average molecular weight is 248 g/mol. The first-order valence-electron chi connectivity index (χ1n) is 6.07. The maximum absolute atomic E-state index is 8.84. The highest BCUT2D eigenvalue weighted by Crippen LogP contribution is 2.22. The van der Waals surface area contributed by atoms with E-state index in [1.54, 1.807) is 6.07 Å². The fourth-order valence-electron chi connectivity index (χ4n) is 1.67. The molecular weight excluding hydrogens is 228 g/mol. The maximum Gasteiger partial charge on any atom is 0.224 e. The second-order valence-electron chi connectivity index (χ2n) is 5.17. The standard InChI is InChI=1S/C13H20N4O/c1-10-7-11(8-14)17-12(16-10)15-9-13(2,3)5-4-6-18/h7,18H,4-6,9H2,1-3H3,(H,15,16,17). The Labute approximate surface area is 108 Å². The average Bonchev–Trinajstić information content (AvgIpc) is 2.33. The topological polar surface area (TPSA) is 81.8 Å². The number of aromatic nitrogens is 2. The molecule has 0 atom stereocenters. The molecule has 0 amide bonds. The predicted molar refractivity (Wildman–Crippen MR) is 70.1 cm³/mol. The number of aliphatic hydroxyl groups is 1. The van der Waals surface area contributed by atoms with Crippen LogP contribution >= 0.6 is 0 Å². The molecule has 0 unspecified atom stereocenters. The molecule has 0 aromatic carbocycles. The number of nitrogens with one attached hydrogen (secondary N) is 1. The van der Waals surface area contributed by atoms with Gasteiger partial charge < -0.3 is 10.4 Å². The van der Waals surface area contributed by atoms with Gasteiger partial charge in [0.1, 0.15) is 11.8 Å². The van der Waals surface area contributed by atoms with E-state index in [0.29, 0.717) is 18.2 Å². The first-order valence-corrected chi connectivity index (χ1v) is 6.07. The summed E-state index contributed by atoms with van der Waals surface area (Å²) >= 11 is 0. The first-order chi connectivity index (χ1) is 8.46. The second-order valence-corrected chi connectivity index (χ2v) is 5.17. The minimum absolute atomic E-state index is 0.0582. The Kier molecular flexibility index (Phi) is 5.05. The molecule has 0 saturated heterocycles. The third-order valence-corrected chi connectivity index (χ3v) is 2.71. The summed E-state index contributed by atoms with van der Waals surface area (Å²) in [6.07, 6.45) is 1.71. The number of aliphatic hydroxyl groups excluding tert-OH is 1. The number of nitrogens with zero attached hydrogens (tertiary/aromatic N) is 3. The van der Waals surface area contributed by atoms with Gasteiger partial charge in [-0.3, -0.25) is 0 Å². The van der Waals surface area contributed by atoms with Gasteiger partial charge in [-0.2, -0.15) is 5.26 Å². The van der Waals surface area contributed by atoms with Crippen molar-refractivity contribution in [1.82, 2.24) is 9.97 Å². The number of rotatable bonds is 6. The molecule has 5 nitrogen and oxygen atoms in total. The van der Waals surface area contributed by atoms with Gasteiger partial charge >= 0.3 is 0 Å². The number of aryl methyl sites for hydroxylation is 1. The largest absolute Gasteiger partial charge is 0.396 e. The minimum atomic E-state index is 0.0582. The van der Waals surface area contributed by atoms with E-state index in [0.717, 1.165) is 18.5 Å². The highest BCUT2D eigenvalue weighted by Gasteiger charge is 2.17. The molecule has 0 aliphatic heterocycles. The molecule has 0 radical (unpaired) electrons. The van der Waals surface area contributed by atoms with Crippen LogP contribution in [0.2, 0.25) is 0 Å². The Bertz CT molecular complexity index is 437.